The van der Waals surface area contributed by atoms with E-state index in [0.29, 0.717) is 11.4 Å². The molecule has 1 aliphatic rings. The lowest BCUT2D eigenvalue weighted by molar-refractivity contribution is 0.480. The molecule has 1 aromatic rings. The molecule has 0 amide bonds. The summed E-state index contributed by atoms with van der Waals surface area (Å²) in [7, 11) is -3.36. The summed E-state index contributed by atoms with van der Waals surface area (Å²) in [5.41, 5.74) is 0. The van der Waals surface area contributed by atoms with Gasteiger partial charge in [0.25, 0.3) is 0 Å². The molecule has 106 valence electrons. The van der Waals surface area contributed by atoms with Crippen molar-refractivity contribution in [1.29, 1.82) is 0 Å². The summed E-state index contributed by atoms with van der Waals surface area (Å²) in [6.07, 6.45) is 7.39. The maximum atomic E-state index is 12.0. The maximum absolute atomic E-state index is 12.0. The molecule has 2 rings (SSSR count). The Bertz CT molecular complexity index is 510. The Hall–Kier alpha value is -0.390. The van der Waals surface area contributed by atoms with Gasteiger partial charge in [0.15, 0.2) is 0 Å². The second kappa shape index (κ2) is 6.86. The SMILES string of the molecule is O=S(=O)(NCCCC1CCCC1)c1cccc(Br)c1. The van der Waals surface area contributed by atoms with Crippen LogP contribution in [0.4, 0.5) is 0 Å². The fourth-order valence-corrected chi connectivity index (χ4v) is 4.28. The first-order valence-electron chi connectivity index (χ1n) is 6.83. The molecule has 1 aromatic carbocycles. The van der Waals surface area contributed by atoms with Crippen LogP contribution in [0.3, 0.4) is 0 Å². The fraction of sp³-hybridized carbons (Fsp3) is 0.571. The minimum absolute atomic E-state index is 0.322. The molecule has 0 aliphatic heterocycles. The number of hydrogen-bond donors (Lipinski definition) is 1. The van der Waals surface area contributed by atoms with Gasteiger partial charge in [-0.05, 0) is 37.0 Å². The molecule has 0 unspecified atom stereocenters. The van der Waals surface area contributed by atoms with E-state index in [1.54, 1.807) is 18.2 Å². The zero-order valence-corrected chi connectivity index (χ0v) is 13.3. The van der Waals surface area contributed by atoms with Crippen LogP contribution < -0.4 is 4.72 Å². The van der Waals surface area contributed by atoms with E-state index in [1.165, 1.54) is 25.7 Å². The largest absolute Gasteiger partial charge is 0.240 e. The summed E-state index contributed by atoms with van der Waals surface area (Å²) in [4.78, 5) is 0.322. The standard InChI is InChI=1S/C14H20BrNO2S/c15-13-8-3-9-14(11-13)19(17,18)16-10-4-7-12-5-1-2-6-12/h3,8-9,11-12,16H,1-2,4-7,10H2. The summed E-state index contributed by atoms with van der Waals surface area (Å²) >= 11 is 3.29. The van der Waals surface area contributed by atoms with Crippen LogP contribution in [0.15, 0.2) is 33.6 Å². The highest BCUT2D eigenvalue weighted by Crippen LogP contribution is 2.28. The molecule has 1 N–H and O–H groups in total. The van der Waals surface area contributed by atoms with Crippen LogP contribution in [0, 0.1) is 5.92 Å². The van der Waals surface area contributed by atoms with Crippen LogP contribution in [0.25, 0.3) is 0 Å². The van der Waals surface area contributed by atoms with Gasteiger partial charge in [-0.25, -0.2) is 13.1 Å². The molecule has 0 heterocycles. The van der Waals surface area contributed by atoms with Crippen molar-refractivity contribution < 1.29 is 8.42 Å². The lowest BCUT2D eigenvalue weighted by Gasteiger charge is -2.10. The van der Waals surface area contributed by atoms with Gasteiger partial charge < -0.3 is 0 Å². The van der Waals surface area contributed by atoms with E-state index in [0.717, 1.165) is 23.2 Å². The van der Waals surface area contributed by atoms with Gasteiger partial charge in [-0.2, -0.15) is 0 Å². The minimum atomic E-state index is -3.36. The predicted octanol–water partition coefficient (Wildman–Crippen LogP) is 3.70. The Morgan fingerprint density at radius 2 is 2.00 bits per heavy atom. The summed E-state index contributed by atoms with van der Waals surface area (Å²) in [6, 6.07) is 6.79. The van der Waals surface area contributed by atoms with Crippen molar-refractivity contribution in [2.45, 2.75) is 43.4 Å². The second-order valence-corrected chi connectivity index (χ2v) is 7.83. The number of sulfonamides is 1. The predicted molar refractivity (Wildman–Crippen MR) is 80.5 cm³/mol. The lowest BCUT2D eigenvalue weighted by atomic mass is 10.0. The van der Waals surface area contributed by atoms with Gasteiger partial charge in [0, 0.05) is 11.0 Å². The maximum Gasteiger partial charge on any atom is 0.240 e. The third-order valence-corrected chi connectivity index (χ3v) is 5.61. The van der Waals surface area contributed by atoms with Crippen molar-refractivity contribution in [2.75, 3.05) is 6.54 Å². The zero-order chi connectivity index (χ0) is 13.7. The molecule has 1 aliphatic carbocycles. The third kappa shape index (κ3) is 4.58. The Morgan fingerprint density at radius 1 is 1.26 bits per heavy atom. The normalized spacial score (nSPS) is 16.9. The molecule has 5 heteroatoms. The van der Waals surface area contributed by atoms with Crippen molar-refractivity contribution in [1.82, 2.24) is 4.72 Å². The number of halogens is 1. The highest BCUT2D eigenvalue weighted by molar-refractivity contribution is 9.10. The van der Waals surface area contributed by atoms with Gasteiger partial charge in [-0.15, -0.1) is 0 Å². The minimum Gasteiger partial charge on any atom is -0.211 e. The van der Waals surface area contributed by atoms with Gasteiger partial charge in [-0.1, -0.05) is 47.7 Å². The van der Waals surface area contributed by atoms with E-state index in [4.69, 9.17) is 0 Å². The highest BCUT2D eigenvalue weighted by Gasteiger charge is 2.16. The molecule has 0 atom stereocenters. The summed E-state index contributed by atoms with van der Waals surface area (Å²) in [5, 5.41) is 0. The molecule has 0 aromatic heterocycles. The first-order valence-corrected chi connectivity index (χ1v) is 9.11. The summed E-state index contributed by atoms with van der Waals surface area (Å²) in [5.74, 6) is 0.815. The van der Waals surface area contributed by atoms with Gasteiger partial charge in [0.2, 0.25) is 10.0 Å². The smallest absolute Gasteiger partial charge is 0.211 e. The molecule has 0 radical (unpaired) electrons. The molecule has 0 bridgehead atoms. The van der Waals surface area contributed by atoms with Gasteiger partial charge in [0.05, 0.1) is 4.90 Å². The molecule has 1 saturated carbocycles. The molecular formula is C14H20BrNO2S. The average molecular weight is 346 g/mol. The van der Waals surface area contributed by atoms with Crippen molar-refractivity contribution in [3.05, 3.63) is 28.7 Å². The molecule has 0 spiro atoms. The van der Waals surface area contributed by atoms with Crippen molar-refractivity contribution in [2.24, 2.45) is 5.92 Å². The first-order chi connectivity index (χ1) is 9.08. The van der Waals surface area contributed by atoms with E-state index < -0.39 is 10.0 Å². The summed E-state index contributed by atoms with van der Waals surface area (Å²) in [6.45, 7) is 0.533. The monoisotopic (exact) mass is 345 g/mol. The van der Waals surface area contributed by atoms with E-state index in [-0.39, 0.29) is 0 Å². The molecule has 19 heavy (non-hydrogen) atoms. The Morgan fingerprint density at radius 3 is 2.68 bits per heavy atom. The topological polar surface area (TPSA) is 46.2 Å². The number of nitrogens with one attached hydrogen (secondary N) is 1. The Balaban J connectivity index is 1.80. The second-order valence-electron chi connectivity index (χ2n) is 5.15. The van der Waals surface area contributed by atoms with E-state index in [9.17, 15) is 8.42 Å². The van der Waals surface area contributed by atoms with Crippen LogP contribution in [-0.2, 0) is 10.0 Å². The lowest BCUT2D eigenvalue weighted by Crippen LogP contribution is -2.25. The summed E-state index contributed by atoms with van der Waals surface area (Å²) < 4.78 is 27.6. The van der Waals surface area contributed by atoms with E-state index >= 15 is 0 Å². The highest BCUT2D eigenvalue weighted by atomic mass is 79.9. The van der Waals surface area contributed by atoms with Crippen molar-refractivity contribution in [3.8, 4) is 0 Å². The third-order valence-electron chi connectivity index (χ3n) is 3.66. The molecular weight excluding hydrogens is 326 g/mol. The van der Waals surface area contributed by atoms with E-state index in [2.05, 4.69) is 20.7 Å². The van der Waals surface area contributed by atoms with E-state index in [1.807, 2.05) is 6.07 Å². The first kappa shape index (κ1) is 15.0. The van der Waals surface area contributed by atoms with Crippen molar-refractivity contribution in [3.63, 3.8) is 0 Å². The van der Waals surface area contributed by atoms with Gasteiger partial charge in [-0.3, -0.25) is 0 Å². The quantitative estimate of drug-likeness (QED) is 0.799. The number of benzene rings is 1. The number of rotatable bonds is 6. The van der Waals surface area contributed by atoms with Gasteiger partial charge >= 0.3 is 0 Å². The Labute approximate surface area is 124 Å². The molecule has 1 fully saturated rings. The van der Waals surface area contributed by atoms with Gasteiger partial charge in [0.1, 0.15) is 0 Å². The van der Waals surface area contributed by atoms with Crippen LogP contribution in [0.5, 0.6) is 0 Å². The van der Waals surface area contributed by atoms with Crippen LogP contribution >= 0.6 is 15.9 Å². The zero-order valence-electron chi connectivity index (χ0n) is 10.9. The average Bonchev–Trinajstić information content (AvgIpc) is 2.88. The van der Waals surface area contributed by atoms with Crippen LogP contribution in [-0.4, -0.2) is 15.0 Å². The number of hydrogen-bond acceptors (Lipinski definition) is 2. The fourth-order valence-electron chi connectivity index (χ4n) is 2.61. The molecule has 0 saturated heterocycles. The van der Waals surface area contributed by atoms with Crippen molar-refractivity contribution >= 4 is 26.0 Å². The van der Waals surface area contributed by atoms with Crippen LogP contribution in [0.1, 0.15) is 38.5 Å². The van der Waals surface area contributed by atoms with Crippen LogP contribution in [0.2, 0.25) is 0 Å². The Kier molecular flexibility index (Phi) is 5.42. The molecule has 3 nitrogen and oxygen atoms in total.